The molecule has 1 aromatic carbocycles. The summed E-state index contributed by atoms with van der Waals surface area (Å²) in [6, 6.07) is 12.7. The first-order chi connectivity index (χ1) is 15.6. The Labute approximate surface area is 183 Å². The molecule has 2 amide bonds. The van der Waals surface area contributed by atoms with E-state index in [1.165, 1.54) is 6.33 Å². The fraction of sp³-hybridized carbons (Fsp3) is 0.238. The van der Waals surface area contributed by atoms with Gasteiger partial charge in [-0.3, -0.25) is 14.3 Å². The Balaban J connectivity index is 1.21. The number of hydrogen-bond acceptors (Lipinski definition) is 6. The zero-order chi connectivity index (χ0) is 21.9. The lowest BCUT2D eigenvalue weighted by Crippen LogP contribution is -2.43. The third kappa shape index (κ3) is 4.26. The van der Waals surface area contributed by atoms with Crippen LogP contribution in [0.25, 0.3) is 0 Å². The molecular formula is C21H21N9O2. The largest absolute Gasteiger partial charge is 0.337 e. The molecule has 1 atom stereocenters. The SMILES string of the molecule is O=C(NC1CCn2nc(Cn3cccn3)cc2NC1=O)c1ncn(Cc2ccccc2)n1. The fourth-order valence-electron chi connectivity index (χ4n) is 3.58. The van der Waals surface area contributed by atoms with E-state index in [0.717, 1.165) is 11.3 Å². The number of aromatic nitrogens is 7. The van der Waals surface area contributed by atoms with E-state index in [1.54, 1.807) is 20.2 Å². The van der Waals surface area contributed by atoms with Gasteiger partial charge in [0.25, 0.3) is 5.91 Å². The molecule has 0 spiro atoms. The Kier molecular flexibility index (Phi) is 5.20. The van der Waals surface area contributed by atoms with Crippen LogP contribution in [0.4, 0.5) is 5.82 Å². The topological polar surface area (TPSA) is 125 Å². The number of fused-ring (bicyclic) bond motifs is 1. The first kappa shape index (κ1) is 19.7. The van der Waals surface area contributed by atoms with E-state index < -0.39 is 11.9 Å². The third-order valence-corrected chi connectivity index (χ3v) is 5.14. The van der Waals surface area contributed by atoms with Crippen molar-refractivity contribution in [3.05, 3.63) is 78.3 Å². The lowest BCUT2D eigenvalue weighted by molar-refractivity contribution is -0.118. The van der Waals surface area contributed by atoms with Gasteiger partial charge in [0.2, 0.25) is 11.7 Å². The minimum Gasteiger partial charge on any atom is -0.337 e. The van der Waals surface area contributed by atoms with Crippen molar-refractivity contribution in [2.75, 3.05) is 5.32 Å². The molecule has 32 heavy (non-hydrogen) atoms. The van der Waals surface area contributed by atoms with Crippen molar-refractivity contribution in [3.63, 3.8) is 0 Å². The number of anilines is 1. The van der Waals surface area contributed by atoms with Crippen molar-refractivity contribution in [3.8, 4) is 0 Å². The Morgan fingerprint density at radius 2 is 2.00 bits per heavy atom. The van der Waals surface area contributed by atoms with Gasteiger partial charge in [0.05, 0.1) is 18.8 Å². The molecule has 4 heterocycles. The Morgan fingerprint density at radius 1 is 1.12 bits per heavy atom. The van der Waals surface area contributed by atoms with Gasteiger partial charge < -0.3 is 10.6 Å². The van der Waals surface area contributed by atoms with Crippen LogP contribution in [0, 0.1) is 0 Å². The number of nitrogens with zero attached hydrogens (tertiary/aromatic N) is 7. The van der Waals surface area contributed by atoms with Gasteiger partial charge in [-0.05, 0) is 18.1 Å². The second kappa shape index (κ2) is 8.46. The monoisotopic (exact) mass is 431 g/mol. The van der Waals surface area contributed by atoms with Crippen LogP contribution < -0.4 is 10.6 Å². The second-order valence-electron chi connectivity index (χ2n) is 7.50. The maximum Gasteiger partial charge on any atom is 0.291 e. The first-order valence-corrected chi connectivity index (χ1v) is 10.2. The highest BCUT2D eigenvalue weighted by Gasteiger charge is 2.27. The van der Waals surface area contributed by atoms with E-state index in [1.807, 2.05) is 48.7 Å². The van der Waals surface area contributed by atoms with Gasteiger partial charge in [-0.15, -0.1) is 5.10 Å². The highest BCUT2D eigenvalue weighted by molar-refractivity contribution is 5.99. The summed E-state index contributed by atoms with van der Waals surface area (Å²) < 4.78 is 5.08. The molecule has 1 aliphatic rings. The lowest BCUT2D eigenvalue weighted by Gasteiger charge is -2.13. The van der Waals surface area contributed by atoms with Gasteiger partial charge in [0, 0.05) is 25.0 Å². The minimum absolute atomic E-state index is 0.0252. The van der Waals surface area contributed by atoms with Gasteiger partial charge >= 0.3 is 0 Å². The van der Waals surface area contributed by atoms with E-state index in [4.69, 9.17) is 0 Å². The lowest BCUT2D eigenvalue weighted by atomic mass is 10.2. The predicted molar refractivity (Wildman–Crippen MR) is 114 cm³/mol. The van der Waals surface area contributed by atoms with Crippen LogP contribution in [-0.2, 0) is 24.4 Å². The number of rotatable bonds is 6. The molecule has 5 rings (SSSR count). The summed E-state index contributed by atoms with van der Waals surface area (Å²) in [6.45, 7) is 1.50. The molecule has 0 saturated heterocycles. The maximum atomic E-state index is 12.7. The molecule has 0 radical (unpaired) electrons. The van der Waals surface area contributed by atoms with Gasteiger partial charge in [-0.1, -0.05) is 30.3 Å². The van der Waals surface area contributed by atoms with Crippen LogP contribution in [-0.4, -0.2) is 52.2 Å². The quantitative estimate of drug-likeness (QED) is 0.468. The van der Waals surface area contributed by atoms with Crippen LogP contribution in [0.5, 0.6) is 0 Å². The normalized spacial score (nSPS) is 15.6. The number of hydrogen-bond donors (Lipinski definition) is 2. The molecule has 11 heteroatoms. The molecule has 1 aliphatic heterocycles. The summed E-state index contributed by atoms with van der Waals surface area (Å²) in [5.41, 5.74) is 1.84. The molecular weight excluding hydrogens is 410 g/mol. The van der Waals surface area contributed by atoms with Crippen molar-refractivity contribution in [2.24, 2.45) is 0 Å². The van der Waals surface area contributed by atoms with Crippen LogP contribution >= 0.6 is 0 Å². The molecule has 0 bridgehead atoms. The molecule has 1 unspecified atom stereocenters. The average Bonchev–Trinajstić information content (AvgIpc) is 3.53. The van der Waals surface area contributed by atoms with Crippen LogP contribution in [0.3, 0.4) is 0 Å². The summed E-state index contributed by atoms with van der Waals surface area (Å²) in [6.07, 6.45) is 5.46. The molecule has 0 saturated carbocycles. The Hall–Kier alpha value is -4.28. The average molecular weight is 431 g/mol. The van der Waals surface area contributed by atoms with Gasteiger partial charge in [-0.25, -0.2) is 14.3 Å². The van der Waals surface area contributed by atoms with E-state index in [0.29, 0.717) is 31.9 Å². The van der Waals surface area contributed by atoms with Crippen molar-refractivity contribution in [2.45, 2.75) is 32.1 Å². The van der Waals surface area contributed by atoms with Gasteiger partial charge in [-0.2, -0.15) is 10.2 Å². The summed E-state index contributed by atoms with van der Waals surface area (Å²) >= 11 is 0. The molecule has 3 aromatic heterocycles. The first-order valence-electron chi connectivity index (χ1n) is 10.2. The highest BCUT2D eigenvalue weighted by Crippen LogP contribution is 2.17. The molecule has 0 fully saturated rings. The smallest absolute Gasteiger partial charge is 0.291 e. The van der Waals surface area contributed by atoms with Crippen LogP contribution in [0.15, 0.2) is 61.2 Å². The molecule has 2 N–H and O–H groups in total. The number of amides is 2. The second-order valence-corrected chi connectivity index (χ2v) is 7.50. The Bertz CT molecular complexity index is 1230. The van der Waals surface area contributed by atoms with E-state index >= 15 is 0 Å². The van der Waals surface area contributed by atoms with E-state index in [-0.39, 0.29) is 11.7 Å². The van der Waals surface area contributed by atoms with Gasteiger partial charge in [0.1, 0.15) is 18.2 Å². The summed E-state index contributed by atoms with van der Waals surface area (Å²) in [5, 5.41) is 18.5. The molecule has 4 aromatic rings. The molecule has 0 aliphatic carbocycles. The van der Waals surface area contributed by atoms with E-state index in [9.17, 15) is 9.59 Å². The van der Waals surface area contributed by atoms with E-state index in [2.05, 4.69) is 30.9 Å². The maximum absolute atomic E-state index is 12.7. The third-order valence-electron chi connectivity index (χ3n) is 5.14. The minimum atomic E-state index is -0.708. The van der Waals surface area contributed by atoms with Crippen molar-refractivity contribution >= 4 is 17.6 Å². The summed E-state index contributed by atoms with van der Waals surface area (Å²) in [4.78, 5) is 29.4. The van der Waals surface area contributed by atoms with Crippen molar-refractivity contribution < 1.29 is 9.59 Å². The fourth-order valence-corrected chi connectivity index (χ4v) is 3.58. The number of nitrogens with one attached hydrogen (secondary N) is 2. The number of carbonyl (C=O) groups is 2. The standard InChI is InChI=1S/C21H21N9O2/c31-20-17(7-10-30-18(25-20)11-16(26-30)13-28-9-4-8-23-28)24-21(32)19-22-14-29(27-19)12-15-5-2-1-3-6-15/h1-6,8-9,11,14,17H,7,10,12-13H2,(H,24,32)(H,25,31). The molecule has 162 valence electrons. The van der Waals surface area contributed by atoms with Crippen LogP contribution in [0.2, 0.25) is 0 Å². The van der Waals surface area contributed by atoms with Crippen molar-refractivity contribution in [1.29, 1.82) is 0 Å². The van der Waals surface area contributed by atoms with Crippen LogP contribution in [0.1, 0.15) is 28.3 Å². The predicted octanol–water partition coefficient (Wildman–Crippen LogP) is 0.908. The number of aryl methyl sites for hydroxylation is 1. The Morgan fingerprint density at radius 3 is 2.81 bits per heavy atom. The highest BCUT2D eigenvalue weighted by atomic mass is 16.2. The number of carbonyl (C=O) groups excluding carboxylic acids is 2. The van der Waals surface area contributed by atoms with Gasteiger partial charge in [0.15, 0.2) is 0 Å². The van der Waals surface area contributed by atoms with Crippen molar-refractivity contribution in [1.82, 2.24) is 39.6 Å². The zero-order valence-electron chi connectivity index (χ0n) is 17.1. The number of benzene rings is 1. The zero-order valence-corrected chi connectivity index (χ0v) is 17.1. The summed E-state index contributed by atoms with van der Waals surface area (Å²) in [5.74, 6) is -0.168. The molecule has 11 nitrogen and oxygen atoms in total. The summed E-state index contributed by atoms with van der Waals surface area (Å²) in [7, 11) is 0.